The third-order valence-electron chi connectivity index (χ3n) is 3.22. The molecule has 19 heavy (non-hydrogen) atoms. The van der Waals surface area contributed by atoms with E-state index < -0.39 is 10.0 Å². The minimum absolute atomic E-state index is 0.370. The van der Waals surface area contributed by atoms with Crippen LogP contribution in [0.1, 0.15) is 12.8 Å². The van der Waals surface area contributed by atoms with Crippen molar-refractivity contribution in [3.8, 4) is 0 Å². The van der Waals surface area contributed by atoms with E-state index in [0.29, 0.717) is 27.7 Å². The molecule has 1 fully saturated rings. The summed E-state index contributed by atoms with van der Waals surface area (Å²) in [6.07, 6.45) is 2.01. The molecule has 1 aliphatic heterocycles. The molecule has 1 unspecified atom stereocenters. The first-order valence-corrected chi connectivity index (χ1v) is 9.89. The van der Waals surface area contributed by atoms with Crippen LogP contribution in [0.5, 0.6) is 0 Å². The summed E-state index contributed by atoms with van der Waals surface area (Å²) in [7, 11) is -1.48. The van der Waals surface area contributed by atoms with Gasteiger partial charge in [-0.1, -0.05) is 0 Å². The van der Waals surface area contributed by atoms with E-state index in [0.717, 1.165) is 23.2 Å². The molecule has 0 radical (unpaired) electrons. The van der Waals surface area contributed by atoms with Gasteiger partial charge in [-0.05, 0) is 70.3 Å². The lowest BCUT2D eigenvalue weighted by molar-refractivity contribution is 0.263. The van der Waals surface area contributed by atoms with Crippen LogP contribution in [0.25, 0.3) is 0 Å². The van der Waals surface area contributed by atoms with Crippen LogP contribution >= 0.6 is 43.2 Å². The van der Waals surface area contributed by atoms with Gasteiger partial charge in [-0.15, -0.1) is 11.3 Å². The number of nitrogens with zero attached hydrogens (tertiary/aromatic N) is 1. The molecule has 108 valence electrons. The molecule has 2 heterocycles. The highest BCUT2D eigenvalue weighted by atomic mass is 79.9. The van der Waals surface area contributed by atoms with Crippen molar-refractivity contribution in [2.75, 3.05) is 26.7 Å². The number of nitrogens with one attached hydrogen (secondary N) is 1. The van der Waals surface area contributed by atoms with Gasteiger partial charge in [0.1, 0.15) is 4.90 Å². The fourth-order valence-electron chi connectivity index (χ4n) is 2.34. The highest BCUT2D eigenvalue weighted by molar-refractivity contribution is 9.12. The van der Waals surface area contributed by atoms with Gasteiger partial charge in [0, 0.05) is 13.1 Å². The van der Waals surface area contributed by atoms with Crippen LogP contribution in [-0.4, -0.2) is 39.4 Å². The first kappa shape index (κ1) is 15.9. The van der Waals surface area contributed by atoms with Crippen LogP contribution in [0.2, 0.25) is 0 Å². The van der Waals surface area contributed by atoms with Crippen molar-refractivity contribution in [3.63, 3.8) is 0 Å². The normalized spacial score (nSPS) is 21.7. The van der Waals surface area contributed by atoms with Gasteiger partial charge in [-0.25, -0.2) is 8.42 Å². The Morgan fingerprint density at radius 2 is 2.26 bits per heavy atom. The molecule has 1 atom stereocenters. The van der Waals surface area contributed by atoms with Gasteiger partial charge in [0.05, 0.1) is 7.57 Å². The van der Waals surface area contributed by atoms with Gasteiger partial charge in [0.15, 0.2) is 0 Å². The van der Waals surface area contributed by atoms with Crippen molar-refractivity contribution in [3.05, 3.63) is 13.6 Å². The van der Waals surface area contributed by atoms with Gasteiger partial charge in [0.2, 0.25) is 10.0 Å². The second-order valence-electron chi connectivity index (χ2n) is 4.62. The molecule has 0 aliphatic carbocycles. The predicted octanol–water partition coefficient (Wildman–Crippen LogP) is 2.89. The van der Waals surface area contributed by atoms with Crippen molar-refractivity contribution in [2.45, 2.75) is 17.7 Å². The summed E-state index contributed by atoms with van der Waals surface area (Å²) in [4.78, 5) is 0.370. The maximum absolute atomic E-state index is 12.6. The summed E-state index contributed by atoms with van der Waals surface area (Å²) < 4.78 is 28.4. The SMILES string of the molecule is CNCC1CCCN(S(=O)(=O)c2cc(Br)sc2Br)C1. The number of halogens is 2. The van der Waals surface area contributed by atoms with E-state index in [1.54, 1.807) is 10.4 Å². The van der Waals surface area contributed by atoms with Crippen LogP contribution in [0.15, 0.2) is 18.5 Å². The van der Waals surface area contributed by atoms with Crippen molar-refractivity contribution in [1.29, 1.82) is 0 Å². The Balaban J connectivity index is 2.22. The van der Waals surface area contributed by atoms with E-state index in [4.69, 9.17) is 0 Å². The Labute approximate surface area is 134 Å². The lowest BCUT2D eigenvalue weighted by Crippen LogP contribution is -2.42. The lowest BCUT2D eigenvalue weighted by Gasteiger charge is -2.31. The van der Waals surface area contributed by atoms with Gasteiger partial charge in [0.25, 0.3) is 0 Å². The van der Waals surface area contributed by atoms with E-state index in [2.05, 4.69) is 37.2 Å². The molecule has 1 N–H and O–H groups in total. The second kappa shape index (κ2) is 6.53. The smallest absolute Gasteiger partial charge is 0.245 e. The average molecular weight is 432 g/mol. The summed E-state index contributed by atoms with van der Waals surface area (Å²) in [5.41, 5.74) is 0. The van der Waals surface area contributed by atoms with Gasteiger partial charge in [-0.2, -0.15) is 4.31 Å². The van der Waals surface area contributed by atoms with Gasteiger partial charge in [-0.3, -0.25) is 0 Å². The largest absolute Gasteiger partial charge is 0.319 e. The molecule has 4 nitrogen and oxygen atoms in total. The van der Waals surface area contributed by atoms with Gasteiger partial charge >= 0.3 is 0 Å². The van der Waals surface area contributed by atoms with E-state index in [1.807, 2.05) is 7.05 Å². The van der Waals surface area contributed by atoms with E-state index in [1.165, 1.54) is 11.3 Å². The van der Waals surface area contributed by atoms with Crippen molar-refractivity contribution >= 4 is 53.2 Å². The molecule has 1 saturated heterocycles. The number of hydrogen-bond donors (Lipinski definition) is 1. The zero-order chi connectivity index (χ0) is 14.0. The summed E-state index contributed by atoms with van der Waals surface area (Å²) in [6.45, 7) is 2.08. The number of thiophene rings is 1. The van der Waals surface area contributed by atoms with E-state index in [9.17, 15) is 8.42 Å². The lowest BCUT2D eigenvalue weighted by atomic mass is 10.00. The van der Waals surface area contributed by atoms with Gasteiger partial charge < -0.3 is 5.32 Å². The first-order chi connectivity index (χ1) is 8.95. The fourth-order valence-corrected chi connectivity index (χ4v) is 7.66. The zero-order valence-electron chi connectivity index (χ0n) is 10.5. The van der Waals surface area contributed by atoms with Crippen LogP contribution < -0.4 is 5.32 Å². The highest BCUT2D eigenvalue weighted by Crippen LogP contribution is 2.37. The molecule has 8 heteroatoms. The Kier molecular flexibility index (Phi) is 5.47. The molecule has 0 spiro atoms. The Morgan fingerprint density at radius 1 is 1.53 bits per heavy atom. The zero-order valence-corrected chi connectivity index (χ0v) is 15.3. The minimum atomic E-state index is -3.38. The first-order valence-electron chi connectivity index (χ1n) is 6.04. The van der Waals surface area contributed by atoms with Crippen molar-refractivity contribution in [1.82, 2.24) is 9.62 Å². The highest BCUT2D eigenvalue weighted by Gasteiger charge is 2.32. The molecule has 1 aromatic heterocycles. The maximum Gasteiger partial charge on any atom is 0.245 e. The molecule has 1 aliphatic rings. The standard InChI is InChI=1S/C11H16Br2N2O2S2/c1-14-6-8-3-2-4-15(7-8)19(16,17)9-5-10(12)18-11(9)13/h5,8,14H,2-4,6-7H2,1H3. The second-order valence-corrected chi connectivity index (χ2v) is 10.3. The molecular formula is C11H16Br2N2O2S2. The molecule has 0 aromatic carbocycles. The molecule has 0 saturated carbocycles. The summed E-state index contributed by atoms with van der Waals surface area (Å²) in [5, 5.41) is 3.13. The molecule has 0 amide bonds. The number of sulfonamides is 1. The predicted molar refractivity (Wildman–Crippen MR) is 85.1 cm³/mol. The van der Waals surface area contributed by atoms with Crippen LogP contribution in [0.3, 0.4) is 0 Å². The van der Waals surface area contributed by atoms with Crippen LogP contribution in [-0.2, 0) is 10.0 Å². The van der Waals surface area contributed by atoms with Crippen LogP contribution in [0, 0.1) is 5.92 Å². The molecule has 1 aromatic rings. The third kappa shape index (κ3) is 3.59. The molecule has 0 bridgehead atoms. The van der Waals surface area contributed by atoms with Crippen LogP contribution in [0.4, 0.5) is 0 Å². The Morgan fingerprint density at radius 3 is 2.84 bits per heavy atom. The Hall–Kier alpha value is 0.530. The summed E-state index contributed by atoms with van der Waals surface area (Å²) in [5.74, 6) is 0.398. The third-order valence-corrected chi connectivity index (χ3v) is 7.84. The summed E-state index contributed by atoms with van der Waals surface area (Å²) in [6, 6.07) is 1.67. The average Bonchev–Trinajstić information content (AvgIpc) is 2.70. The molecule has 2 rings (SSSR count). The monoisotopic (exact) mass is 430 g/mol. The quantitative estimate of drug-likeness (QED) is 0.797. The minimum Gasteiger partial charge on any atom is -0.319 e. The van der Waals surface area contributed by atoms with E-state index >= 15 is 0 Å². The number of rotatable bonds is 4. The Bertz CT molecular complexity index is 543. The van der Waals surface area contributed by atoms with E-state index in [-0.39, 0.29) is 0 Å². The number of hydrogen-bond acceptors (Lipinski definition) is 4. The fraction of sp³-hybridized carbons (Fsp3) is 0.636. The summed E-state index contributed by atoms with van der Waals surface area (Å²) >= 11 is 8.05. The number of piperidine rings is 1. The van der Waals surface area contributed by atoms with Crippen molar-refractivity contribution in [2.24, 2.45) is 5.92 Å². The topological polar surface area (TPSA) is 49.4 Å². The van der Waals surface area contributed by atoms with Crippen molar-refractivity contribution < 1.29 is 8.42 Å². The maximum atomic E-state index is 12.6. The molecular weight excluding hydrogens is 416 g/mol.